The summed E-state index contributed by atoms with van der Waals surface area (Å²) in [6.07, 6.45) is 5.56. The molecule has 0 saturated carbocycles. The summed E-state index contributed by atoms with van der Waals surface area (Å²) in [6, 6.07) is 8.19. The third-order valence-electron chi connectivity index (χ3n) is 1.95. The van der Waals surface area contributed by atoms with Crippen LogP contribution in [0.15, 0.2) is 61.3 Å². The average molecular weight is 306 g/mol. The zero-order valence-corrected chi connectivity index (χ0v) is 16.5. The average Bonchev–Trinajstić information content (AvgIpc) is 2.60. The van der Waals surface area contributed by atoms with Crippen LogP contribution in [-0.4, -0.2) is 0 Å². The molecule has 0 heterocycles. The van der Waals surface area contributed by atoms with Gasteiger partial charge in [-0.3, -0.25) is 0 Å². The minimum absolute atomic E-state index is 1.04. The molecular weight excluding hydrogens is 266 g/mol. The van der Waals surface area contributed by atoms with Gasteiger partial charge in [-0.25, -0.2) is 0 Å². The van der Waals surface area contributed by atoms with Crippen molar-refractivity contribution in [2.24, 2.45) is 0 Å². The first-order chi connectivity index (χ1) is 10.7. The fourth-order valence-corrected chi connectivity index (χ4v) is 1.11. The number of benzene rings is 1. The van der Waals surface area contributed by atoms with Gasteiger partial charge in [0.05, 0.1) is 0 Å². The molecule has 0 radical (unpaired) electrons. The van der Waals surface area contributed by atoms with Crippen molar-refractivity contribution in [2.45, 2.75) is 62.3 Å². The van der Waals surface area contributed by atoms with Crippen LogP contribution >= 0.6 is 0 Å². The number of hydrogen-bond acceptors (Lipinski definition) is 1. The van der Waals surface area contributed by atoms with Gasteiger partial charge in [0, 0.05) is 11.4 Å². The number of anilines is 1. The first-order valence-electron chi connectivity index (χ1n) is 8.38. The molecule has 1 N–H and O–H groups in total. The fourth-order valence-electron chi connectivity index (χ4n) is 1.11. The fraction of sp³-hybridized carbons (Fsp3) is 0.429. The SMILES string of the molecule is C=C/C(=C/C)Nc1ccccc1C.C=CC.CC.CC.CC. The molecule has 1 heteroatoms. The summed E-state index contributed by atoms with van der Waals surface area (Å²) in [7, 11) is 0. The van der Waals surface area contributed by atoms with Crippen LogP contribution in [0.5, 0.6) is 0 Å². The van der Waals surface area contributed by atoms with Crippen LogP contribution in [-0.2, 0) is 0 Å². The molecule has 0 spiro atoms. The van der Waals surface area contributed by atoms with Crippen molar-refractivity contribution in [1.29, 1.82) is 0 Å². The molecule has 1 aromatic carbocycles. The van der Waals surface area contributed by atoms with E-state index in [0.717, 1.165) is 11.4 Å². The van der Waals surface area contributed by atoms with E-state index in [1.807, 2.05) is 79.7 Å². The largest absolute Gasteiger partial charge is 0.356 e. The van der Waals surface area contributed by atoms with Crippen LogP contribution in [0, 0.1) is 6.92 Å². The Morgan fingerprint density at radius 3 is 1.64 bits per heavy atom. The zero-order valence-electron chi connectivity index (χ0n) is 16.5. The minimum Gasteiger partial charge on any atom is -0.356 e. The smallest absolute Gasteiger partial charge is 0.0413 e. The zero-order chi connectivity index (χ0) is 18.4. The van der Waals surface area contributed by atoms with Crippen LogP contribution < -0.4 is 5.32 Å². The van der Waals surface area contributed by atoms with Crippen molar-refractivity contribution < 1.29 is 0 Å². The molecule has 0 atom stereocenters. The molecule has 0 aromatic heterocycles. The first kappa shape index (κ1) is 28.4. The Morgan fingerprint density at radius 1 is 0.909 bits per heavy atom. The molecule has 1 aromatic rings. The number of allylic oxidation sites excluding steroid dienone is 3. The lowest BCUT2D eigenvalue weighted by Crippen LogP contribution is -1.97. The molecule has 0 aliphatic carbocycles. The molecule has 1 rings (SSSR count). The van der Waals surface area contributed by atoms with E-state index in [9.17, 15) is 0 Å². The molecule has 0 fully saturated rings. The van der Waals surface area contributed by atoms with Crippen LogP contribution in [0.1, 0.15) is 61.0 Å². The standard InChI is InChI=1S/C12H15N.C3H6.3C2H6/c1-4-11(5-2)13-12-9-7-6-8-10(12)3;1-3-2;3*1-2/h4-9,13H,1H2,2-3H3;3H,1H2,2H3;3*1-2H3/b11-5-;;;;. The molecule has 0 aliphatic heterocycles. The van der Waals surface area contributed by atoms with Crippen LogP contribution in [0.2, 0.25) is 0 Å². The van der Waals surface area contributed by atoms with Crippen molar-refractivity contribution in [1.82, 2.24) is 0 Å². The molecule has 1 nitrogen and oxygen atoms in total. The molecule has 0 bridgehead atoms. The molecule has 0 amide bonds. The van der Waals surface area contributed by atoms with Crippen LogP contribution in [0.4, 0.5) is 5.69 Å². The predicted octanol–water partition coefficient (Wildman–Crippen LogP) is 7.77. The summed E-state index contributed by atoms with van der Waals surface area (Å²) < 4.78 is 0. The summed E-state index contributed by atoms with van der Waals surface area (Å²) in [5.41, 5.74) is 3.41. The van der Waals surface area contributed by atoms with Gasteiger partial charge in [0.1, 0.15) is 0 Å². The van der Waals surface area contributed by atoms with Crippen molar-refractivity contribution in [3.63, 3.8) is 0 Å². The summed E-state index contributed by atoms with van der Waals surface area (Å²) >= 11 is 0. The molecule has 0 aliphatic rings. The van der Waals surface area contributed by atoms with Crippen molar-refractivity contribution in [2.75, 3.05) is 5.32 Å². The third kappa shape index (κ3) is 18.2. The van der Waals surface area contributed by atoms with E-state index >= 15 is 0 Å². The topological polar surface area (TPSA) is 12.0 Å². The Balaban J connectivity index is -0.000000153. The van der Waals surface area contributed by atoms with Crippen LogP contribution in [0.25, 0.3) is 0 Å². The lowest BCUT2D eigenvalue weighted by atomic mass is 10.2. The first-order valence-corrected chi connectivity index (χ1v) is 8.38. The molecule has 128 valence electrons. The Hall–Kier alpha value is -1.76. The van der Waals surface area contributed by atoms with E-state index in [1.165, 1.54) is 5.56 Å². The molecule has 22 heavy (non-hydrogen) atoms. The van der Waals surface area contributed by atoms with Gasteiger partial charge >= 0.3 is 0 Å². The maximum Gasteiger partial charge on any atom is 0.0413 e. The van der Waals surface area contributed by atoms with Gasteiger partial charge in [-0.2, -0.15) is 0 Å². The number of rotatable bonds is 3. The van der Waals surface area contributed by atoms with Crippen molar-refractivity contribution in [3.8, 4) is 0 Å². The Morgan fingerprint density at radius 2 is 1.32 bits per heavy atom. The lowest BCUT2D eigenvalue weighted by molar-refractivity contribution is 1.38. The number of aryl methyl sites for hydroxylation is 1. The Labute approximate surface area is 140 Å². The molecule has 0 saturated heterocycles. The monoisotopic (exact) mass is 305 g/mol. The van der Waals surface area contributed by atoms with Crippen molar-refractivity contribution >= 4 is 5.69 Å². The second-order valence-corrected chi connectivity index (χ2v) is 3.30. The maximum atomic E-state index is 3.73. The Kier molecular flexibility index (Phi) is 35.6. The summed E-state index contributed by atoms with van der Waals surface area (Å²) in [6.45, 7) is 25.0. The Bertz CT molecular complexity index is 362. The van der Waals surface area contributed by atoms with E-state index in [-0.39, 0.29) is 0 Å². The van der Waals surface area contributed by atoms with E-state index < -0.39 is 0 Å². The highest BCUT2D eigenvalue weighted by molar-refractivity contribution is 5.55. The van der Waals surface area contributed by atoms with E-state index in [2.05, 4.69) is 37.5 Å². The second-order valence-electron chi connectivity index (χ2n) is 3.30. The highest BCUT2D eigenvalue weighted by atomic mass is 14.9. The van der Waals surface area contributed by atoms with Gasteiger partial charge in [-0.05, 0) is 38.5 Å². The highest BCUT2D eigenvalue weighted by Crippen LogP contribution is 2.15. The summed E-state index contributed by atoms with van der Waals surface area (Å²) in [5.74, 6) is 0. The number of nitrogens with one attached hydrogen (secondary N) is 1. The van der Waals surface area contributed by atoms with Gasteiger partial charge in [-0.15, -0.1) is 6.58 Å². The van der Waals surface area contributed by atoms with E-state index in [1.54, 1.807) is 6.08 Å². The van der Waals surface area contributed by atoms with Gasteiger partial charge < -0.3 is 5.32 Å². The third-order valence-corrected chi connectivity index (χ3v) is 1.95. The lowest BCUT2D eigenvalue weighted by Gasteiger charge is -2.08. The highest BCUT2D eigenvalue weighted by Gasteiger charge is 1.95. The van der Waals surface area contributed by atoms with Crippen molar-refractivity contribution in [3.05, 3.63) is 66.9 Å². The number of hydrogen-bond donors (Lipinski definition) is 1. The summed E-state index contributed by atoms with van der Waals surface area (Å²) in [5, 5.41) is 3.29. The van der Waals surface area contributed by atoms with Gasteiger partial charge in [0.2, 0.25) is 0 Å². The predicted molar refractivity (Wildman–Crippen MR) is 109 cm³/mol. The molecular formula is C21H39N. The normalized spacial score (nSPS) is 7.95. The van der Waals surface area contributed by atoms with Gasteiger partial charge in [0.15, 0.2) is 0 Å². The second kappa shape index (κ2) is 27.6. The van der Waals surface area contributed by atoms with Gasteiger partial charge in [0.25, 0.3) is 0 Å². The molecule has 0 unspecified atom stereocenters. The van der Waals surface area contributed by atoms with E-state index in [4.69, 9.17) is 0 Å². The quantitative estimate of drug-likeness (QED) is 0.444. The number of para-hydroxylation sites is 1. The minimum atomic E-state index is 1.04. The van der Waals surface area contributed by atoms with Crippen LogP contribution in [0.3, 0.4) is 0 Å². The maximum absolute atomic E-state index is 3.73. The van der Waals surface area contributed by atoms with Gasteiger partial charge in [-0.1, -0.05) is 78.5 Å². The summed E-state index contributed by atoms with van der Waals surface area (Å²) in [4.78, 5) is 0. The van der Waals surface area contributed by atoms with E-state index in [0.29, 0.717) is 0 Å².